The van der Waals surface area contributed by atoms with Crippen LogP contribution in [0.5, 0.6) is 0 Å². The maximum atomic E-state index is 12.8. The Morgan fingerprint density at radius 1 is 1.07 bits per heavy atom. The molecular weight excluding hydrogens is 352 g/mol. The first-order valence-electron chi connectivity index (χ1n) is 9.38. The number of nitrogens with zero attached hydrogens (tertiary/aromatic N) is 1. The average Bonchev–Trinajstić information content (AvgIpc) is 3.23. The van der Waals surface area contributed by atoms with E-state index in [0.717, 1.165) is 13.0 Å². The number of fused-ring (bicyclic) bond motifs is 1. The Morgan fingerprint density at radius 3 is 2.59 bits per heavy atom. The molecule has 1 N–H and O–H groups in total. The van der Waals surface area contributed by atoms with E-state index in [-0.39, 0.29) is 11.9 Å². The van der Waals surface area contributed by atoms with Crippen LogP contribution in [0, 0.1) is 6.92 Å². The van der Waals surface area contributed by atoms with Gasteiger partial charge >= 0.3 is 0 Å². The quantitative estimate of drug-likeness (QED) is 0.719. The van der Waals surface area contributed by atoms with Crippen molar-refractivity contribution in [1.82, 2.24) is 10.2 Å². The fourth-order valence-electron chi connectivity index (χ4n) is 3.61. The van der Waals surface area contributed by atoms with Crippen LogP contribution in [0.25, 0.3) is 0 Å². The molecule has 0 unspecified atom stereocenters. The average molecular weight is 377 g/mol. The van der Waals surface area contributed by atoms with Gasteiger partial charge in [-0.15, -0.1) is 11.3 Å². The van der Waals surface area contributed by atoms with Gasteiger partial charge < -0.3 is 4.90 Å². The minimum atomic E-state index is 0.0478. The number of carbonyl (C=O) groups is 1. The van der Waals surface area contributed by atoms with Crippen molar-refractivity contribution >= 4 is 17.2 Å². The van der Waals surface area contributed by atoms with E-state index in [1.54, 1.807) is 11.3 Å². The fraction of sp³-hybridized carbons (Fsp3) is 0.261. The number of hydrogen-bond acceptors (Lipinski definition) is 3. The van der Waals surface area contributed by atoms with E-state index in [4.69, 9.17) is 0 Å². The van der Waals surface area contributed by atoms with Gasteiger partial charge in [-0.3, -0.25) is 10.1 Å². The van der Waals surface area contributed by atoms with Crippen molar-refractivity contribution in [3.8, 4) is 0 Å². The Labute approximate surface area is 164 Å². The molecule has 1 aliphatic heterocycles. The van der Waals surface area contributed by atoms with Crippen molar-refractivity contribution < 1.29 is 4.79 Å². The first-order chi connectivity index (χ1) is 13.2. The monoisotopic (exact) mass is 376 g/mol. The molecule has 2 aromatic carbocycles. The summed E-state index contributed by atoms with van der Waals surface area (Å²) in [4.78, 5) is 16.0. The van der Waals surface area contributed by atoms with Gasteiger partial charge in [-0.1, -0.05) is 60.2 Å². The van der Waals surface area contributed by atoms with E-state index < -0.39 is 0 Å². The predicted molar refractivity (Wildman–Crippen MR) is 111 cm³/mol. The van der Waals surface area contributed by atoms with Crippen LogP contribution in [-0.2, 0) is 17.8 Å². The van der Waals surface area contributed by atoms with Crippen LogP contribution in [0.15, 0.2) is 66.0 Å². The molecule has 0 fully saturated rings. The summed E-state index contributed by atoms with van der Waals surface area (Å²) >= 11 is 1.72. The second-order valence-corrected chi connectivity index (χ2v) is 8.05. The molecule has 3 aromatic rings. The van der Waals surface area contributed by atoms with E-state index in [1.165, 1.54) is 27.1 Å². The summed E-state index contributed by atoms with van der Waals surface area (Å²) < 4.78 is 0. The van der Waals surface area contributed by atoms with Crippen LogP contribution in [0.4, 0.5) is 0 Å². The SMILES string of the molecule is Cc1ccc([C@H](NCC(=O)N2CCc3ccccc3C2)c2cccs2)cc1. The highest BCUT2D eigenvalue weighted by Gasteiger charge is 2.22. The lowest BCUT2D eigenvalue weighted by Gasteiger charge is -2.29. The molecule has 1 aliphatic rings. The number of benzene rings is 2. The van der Waals surface area contributed by atoms with Gasteiger partial charge in [-0.2, -0.15) is 0 Å². The van der Waals surface area contributed by atoms with E-state index in [9.17, 15) is 4.79 Å². The molecule has 1 amide bonds. The molecule has 1 aromatic heterocycles. The molecule has 0 saturated carbocycles. The van der Waals surface area contributed by atoms with E-state index >= 15 is 0 Å². The Hall–Kier alpha value is -2.43. The second-order valence-electron chi connectivity index (χ2n) is 7.07. The van der Waals surface area contributed by atoms with E-state index in [2.05, 4.69) is 78.3 Å². The lowest BCUT2D eigenvalue weighted by atomic mass is 10.00. The first-order valence-corrected chi connectivity index (χ1v) is 10.3. The zero-order valence-corrected chi connectivity index (χ0v) is 16.3. The maximum absolute atomic E-state index is 12.8. The molecule has 0 saturated heterocycles. The van der Waals surface area contributed by atoms with Crippen molar-refractivity contribution in [2.24, 2.45) is 0 Å². The largest absolute Gasteiger partial charge is 0.337 e. The standard InChI is InChI=1S/C23H24N2OS/c1-17-8-10-19(11-9-17)23(21-7-4-14-27-21)24-15-22(26)25-13-12-18-5-2-3-6-20(18)16-25/h2-11,14,23-24H,12-13,15-16H2,1H3/t23-/m0/s1. The van der Waals surface area contributed by atoms with Gasteiger partial charge in [0, 0.05) is 18.0 Å². The lowest BCUT2D eigenvalue weighted by Crippen LogP contribution is -2.42. The summed E-state index contributed by atoms with van der Waals surface area (Å²) in [5, 5.41) is 5.58. The third kappa shape index (κ3) is 4.12. The van der Waals surface area contributed by atoms with Gasteiger partial charge in [0.25, 0.3) is 0 Å². The zero-order valence-electron chi connectivity index (χ0n) is 15.5. The van der Waals surface area contributed by atoms with Gasteiger partial charge in [0.05, 0.1) is 12.6 Å². The minimum absolute atomic E-state index is 0.0478. The molecule has 27 heavy (non-hydrogen) atoms. The van der Waals surface area contributed by atoms with Crippen molar-refractivity contribution in [2.75, 3.05) is 13.1 Å². The Balaban J connectivity index is 1.45. The molecular formula is C23H24N2OS. The summed E-state index contributed by atoms with van der Waals surface area (Å²) in [6, 6.07) is 21.2. The van der Waals surface area contributed by atoms with Crippen molar-refractivity contribution in [1.29, 1.82) is 0 Å². The van der Waals surface area contributed by atoms with Crippen LogP contribution >= 0.6 is 11.3 Å². The molecule has 1 atom stereocenters. The second kappa shape index (κ2) is 8.07. The van der Waals surface area contributed by atoms with Crippen LogP contribution in [-0.4, -0.2) is 23.9 Å². The third-order valence-electron chi connectivity index (χ3n) is 5.18. The maximum Gasteiger partial charge on any atom is 0.236 e. The van der Waals surface area contributed by atoms with Crippen LogP contribution in [0.3, 0.4) is 0 Å². The van der Waals surface area contributed by atoms with E-state index in [0.29, 0.717) is 13.1 Å². The number of hydrogen-bond donors (Lipinski definition) is 1. The van der Waals surface area contributed by atoms with Crippen LogP contribution in [0.1, 0.15) is 33.2 Å². The fourth-order valence-corrected chi connectivity index (χ4v) is 4.43. The lowest BCUT2D eigenvalue weighted by molar-refractivity contribution is -0.131. The summed E-state index contributed by atoms with van der Waals surface area (Å²) in [6.45, 7) is 3.95. The highest BCUT2D eigenvalue weighted by Crippen LogP contribution is 2.26. The van der Waals surface area contributed by atoms with Crippen LogP contribution < -0.4 is 5.32 Å². The number of aryl methyl sites for hydroxylation is 1. The molecule has 0 spiro atoms. The van der Waals surface area contributed by atoms with Crippen molar-refractivity contribution in [2.45, 2.75) is 25.9 Å². The third-order valence-corrected chi connectivity index (χ3v) is 6.12. The summed E-state index contributed by atoms with van der Waals surface area (Å²) in [5.41, 5.74) is 5.07. The van der Waals surface area contributed by atoms with Crippen molar-refractivity contribution in [3.63, 3.8) is 0 Å². The molecule has 0 radical (unpaired) electrons. The molecule has 3 nitrogen and oxygen atoms in total. The van der Waals surface area contributed by atoms with Crippen LogP contribution in [0.2, 0.25) is 0 Å². The van der Waals surface area contributed by atoms with Gasteiger partial charge in [-0.25, -0.2) is 0 Å². The number of thiophene rings is 1. The minimum Gasteiger partial charge on any atom is -0.337 e. The number of rotatable bonds is 5. The Kier molecular flexibility index (Phi) is 5.37. The Bertz CT molecular complexity index is 902. The number of carbonyl (C=O) groups excluding carboxylic acids is 1. The van der Waals surface area contributed by atoms with E-state index in [1.807, 2.05) is 4.90 Å². The summed E-state index contributed by atoms with van der Waals surface area (Å²) in [6.07, 6.45) is 0.939. The molecule has 4 rings (SSSR count). The van der Waals surface area contributed by atoms with Gasteiger partial charge in [0.2, 0.25) is 5.91 Å². The normalized spacial score (nSPS) is 14.6. The predicted octanol–water partition coefficient (Wildman–Crippen LogP) is 4.32. The van der Waals surface area contributed by atoms with Gasteiger partial charge in [-0.05, 0) is 41.5 Å². The first kappa shape index (κ1) is 18.0. The number of nitrogens with one attached hydrogen (secondary N) is 1. The molecule has 0 aliphatic carbocycles. The molecule has 4 heteroatoms. The van der Waals surface area contributed by atoms with Crippen molar-refractivity contribution in [3.05, 3.63) is 93.2 Å². The Morgan fingerprint density at radius 2 is 1.85 bits per heavy atom. The summed E-state index contributed by atoms with van der Waals surface area (Å²) in [5.74, 6) is 0.165. The zero-order chi connectivity index (χ0) is 18.6. The highest BCUT2D eigenvalue weighted by atomic mass is 32.1. The molecule has 0 bridgehead atoms. The number of amides is 1. The van der Waals surface area contributed by atoms with Gasteiger partial charge in [0.15, 0.2) is 0 Å². The van der Waals surface area contributed by atoms with Gasteiger partial charge in [0.1, 0.15) is 0 Å². The highest BCUT2D eigenvalue weighted by molar-refractivity contribution is 7.10. The molecule has 2 heterocycles. The topological polar surface area (TPSA) is 32.3 Å². The smallest absolute Gasteiger partial charge is 0.236 e. The summed E-state index contributed by atoms with van der Waals surface area (Å²) in [7, 11) is 0. The molecule has 138 valence electrons.